The van der Waals surface area contributed by atoms with Crippen LogP contribution in [0.2, 0.25) is 0 Å². The average molecular weight is 342 g/mol. The van der Waals surface area contributed by atoms with Crippen LogP contribution in [-0.4, -0.2) is 48.1 Å². The lowest BCUT2D eigenvalue weighted by Crippen LogP contribution is -2.54. The molecule has 3 rings (SSSR count). The molecule has 25 heavy (non-hydrogen) atoms. The first-order chi connectivity index (χ1) is 12.1. The van der Waals surface area contributed by atoms with Crippen molar-refractivity contribution in [2.45, 2.75) is 45.2 Å². The molecule has 0 amide bonds. The van der Waals surface area contributed by atoms with Crippen LogP contribution in [-0.2, 0) is 6.54 Å². The fraction of sp³-hybridized carbons (Fsp3) is 0.550. The second-order valence-corrected chi connectivity index (χ2v) is 7.52. The van der Waals surface area contributed by atoms with Gasteiger partial charge in [-0.2, -0.15) is 0 Å². The Morgan fingerprint density at radius 1 is 1.16 bits per heavy atom. The summed E-state index contributed by atoms with van der Waals surface area (Å²) >= 11 is 0. The van der Waals surface area contributed by atoms with Crippen molar-refractivity contribution in [2.24, 2.45) is 4.99 Å². The highest BCUT2D eigenvalue weighted by Crippen LogP contribution is 2.19. The number of hydrogen-bond donors (Lipinski definition) is 3. The van der Waals surface area contributed by atoms with Gasteiger partial charge in [-0.1, -0.05) is 24.6 Å². The normalized spacial score (nSPS) is 17.0. The van der Waals surface area contributed by atoms with Crippen LogP contribution >= 0.6 is 0 Å². The van der Waals surface area contributed by atoms with E-state index < -0.39 is 0 Å². The van der Waals surface area contributed by atoms with Crippen LogP contribution in [0.1, 0.15) is 38.8 Å². The summed E-state index contributed by atoms with van der Waals surface area (Å²) in [5.41, 5.74) is 2.48. The molecular formula is C20H31N5. The molecule has 136 valence electrons. The lowest BCUT2D eigenvalue weighted by atomic mass is 9.98. The Morgan fingerprint density at radius 2 is 1.92 bits per heavy atom. The molecule has 5 nitrogen and oxygen atoms in total. The Hall–Kier alpha value is -2.01. The van der Waals surface area contributed by atoms with E-state index in [0.717, 1.165) is 19.0 Å². The average Bonchev–Trinajstić information content (AvgIpc) is 3.05. The SMILES string of the molecule is CN=C(NCc1cc2ccccc2[nH]1)NCC(C)(C)N1CCCCC1. The molecule has 1 saturated heterocycles. The van der Waals surface area contributed by atoms with E-state index in [0.29, 0.717) is 0 Å². The summed E-state index contributed by atoms with van der Waals surface area (Å²) in [6, 6.07) is 10.5. The number of aromatic nitrogens is 1. The highest BCUT2D eigenvalue weighted by atomic mass is 15.2. The zero-order valence-electron chi connectivity index (χ0n) is 15.7. The highest BCUT2D eigenvalue weighted by molar-refractivity contribution is 5.81. The predicted molar refractivity (Wildman–Crippen MR) is 106 cm³/mol. The lowest BCUT2D eigenvalue weighted by Gasteiger charge is -2.41. The summed E-state index contributed by atoms with van der Waals surface area (Å²) in [4.78, 5) is 10.4. The molecule has 0 spiro atoms. The predicted octanol–water partition coefficient (Wildman–Crippen LogP) is 3.10. The monoisotopic (exact) mass is 341 g/mol. The van der Waals surface area contributed by atoms with Crippen LogP contribution in [0, 0.1) is 0 Å². The third-order valence-electron chi connectivity index (χ3n) is 5.16. The topological polar surface area (TPSA) is 55.5 Å². The molecular weight excluding hydrogens is 310 g/mol. The van der Waals surface area contributed by atoms with Crippen molar-refractivity contribution in [3.8, 4) is 0 Å². The van der Waals surface area contributed by atoms with Crippen molar-refractivity contribution in [1.29, 1.82) is 0 Å². The summed E-state index contributed by atoms with van der Waals surface area (Å²) < 4.78 is 0. The van der Waals surface area contributed by atoms with E-state index in [9.17, 15) is 0 Å². The number of hydrogen-bond acceptors (Lipinski definition) is 2. The number of benzene rings is 1. The summed E-state index contributed by atoms with van der Waals surface area (Å²) in [6.45, 7) is 8.66. The molecule has 0 bridgehead atoms. The summed E-state index contributed by atoms with van der Waals surface area (Å²) in [5.74, 6) is 0.851. The molecule has 1 aliphatic heterocycles. The Bertz CT molecular complexity index is 677. The van der Waals surface area contributed by atoms with Crippen molar-refractivity contribution in [3.63, 3.8) is 0 Å². The number of para-hydroxylation sites is 1. The third kappa shape index (κ3) is 4.54. The molecule has 1 aromatic heterocycles. The van der Waals surface area contributed by atoms with Gasteiger partial charge in [0.1, 0.15) is 0 Å². The number of nitrogens with zero attached hydrogens (tertiary/aromatic N) is 2. The first-order valence-corrected chi connectivity index (χ1v) is 9.35. The summed E-state index contributed by atoms with van der Waals surface area (Å²) in [5, 5.41) is 8.15. The van der Waals surface area contributed by atoms with Gasteiger partial charge in [0, 0.05) is 30.3 Å². The van der Waals surface area contributed by atoms with E-state index in [1.807, 2.05) is 7.05 Å². The first kappa shape index (κ1) is 17.8. The number of rotatable bonds is 5. The van der Waals surface area contributed by atoms with Crippen LogP contribution in [0.25, 0.3) is 10.9 Å². The number of guanidine groups is 1. The number of fused-ring (bicyclic) bond motifs is 1. The minimum atomic E-state index is 0.138. The zero-order valence-corrected chi connectivity index (χ0v) is 15.7. The molecule has 3 N–H and O–H groups in total. The maximum absolute atomic E-state index is 4.37. The van der Waals surface area contributed by atoms with Crippen LogP contribution in [0.5, 0.6) is 0 Å². The minimum absolute atomic E-state index is 0.138. The number of aromatic amines is 1. The van der Waals surface area contributed by atoms with Crippen molar-refractivity contribution in [1.82, 2.24) is 20.5 Å². The van der Waals surface area contributed by atoms with Gasteiger partial charge in [0.15, 0.2) is 5.96 Å². The van der Waals surface area contributed by atoms with Crippen LogP contribution in [0.15, 0.2) is 35.3 Å². The van der Waals surface area contributed by atoms with Crippen molar-refractivity contribution < 1.29 is 0 Å². The minimum Gasteiger partial charge on any atom is -0.357 e. The smallest absolute Gasteiger partial charge is 0.191 e. The highest BCUT2D eigenvalue weighted by Gasteiger charge is 2.27. The number of nitrogens with one attached hydrogen (secondary N) is 3. The summed E-state index contributed by atoms with van der Waals surface area (Å²) in [7, 11) is 1.83. The molecule has 1 aliphatic rings. The molecule has 1 aromatic carbocycles. The van der Waals surface area contributed by atoms with Gasteiger partial charge in [-0.3, -0.25) is 9.89 Å². The van der Waals surface area contributed by atoms with Crippen molar-refractivity contribution in [2.75, 3.05) is 26.7 Å². The number of H-pyrrole nitrogens is 1. The number of likely N-dealkylation sites (tertiary alicyclic amines) is 1. The largest absolute Gasteiger partial charge is 0.357 e. The second kappa shape index (κ2) is 7.91. The molecule has 0 unspecified atom stereocenters. The second-order valence-electron chi connectivity index (χ2n) is 7.52. The fourth-order valence-electron chi connectivity index (χ4n) is 3.54. The maximum Gasteiger partial charge on any atom is 0.191 e. The number of piperidine rings is 1. The third-order valence-corrected chi connectivity index (χ3v) is 5.16. The van der Waals surface area contributed by atoms with E-state index >= 15 is 0 Å². The van der Waals surface area contributed by atoms with E-state index in [1.54, 1.807) is 0 Å². The van der Waals surface area contributed by atoms with Gasteiger partial charge in [-0.05, 0) is 57.3 Å². The Labute approximate surface area is 150 Å². The van der Waals surface area contributed by atoms with Crippen LogP contribution in [0.3, 0.4) is 0 Å². The van der Waals surface area contributed by atoms with E-state index in [4.69, 9.17) is 0 Å². The molecule has 0 saturated carbocycles. The van der Waals surface area contributed by atoms with Gasteiger partial charge in [0.25, 0.3) is 0 Å². The van der Waals surface area contributed by atoms with Gasteiger partial charge in [0.05, 0.1) is 6.54 Å². The van der Waals surface area contributed by atoms with Crippen LogP contribution < -0.4 is 10.6 Å². The molecule has 2 aromatic rings. The van der Waals surface area contributed by atoms with Gasteiger partial charge in [-0.25, -0.2) is 0 Å². The van der Waals surface area contributed by atoms with Crippen molar-refractivity contribution in [3.05, 3.63) is 36.0 Å². The number of aliphatic imine (C=N–C) groups is 1. The first-order valence-electron chi connectivity index (χ1n) is 9.35. The molecule has 2 heterocycles. The Kier molecular flexibility index (Phi) is 5.63. The molecule has 5 heteroatoms. The van der Waals surface area contributed by atoms with Gasteiger partial charge < -0.3 is 15.6 Å². The lowest BCUT2D eigenvalue weighted by molar-refractivity contribution is 0.0982. The quantitative estimate of drug-likeness (QED) is 0.579. The van der Waals surface area contributed by atoms with E-state index in [2.05, 4.69) is 69.7 Å². The van der Waals surface area contributed by atoms with Gasteiger partial charge in [0.2, 0.25) is 0 Å². The standard InChI is InChI=1S/C20H31N5/c1-20(2,25-11-7-4-8-12-25)15-23-19(21-3)22-14-17-13-16-9-5-6-10-18(16)24-17/h5-6,9-10,13,24H,4,7-8,11-12,14-15H2,1-3H3,(H2,21,22,23). The Morgan fingerprint density at radius 3 is 2.64 bits per heavy atom. The summed E-state index contributed by atoms with van der Waals surface area (Å²) in [6.07, 6.45) is 4.00. The fourth-order valence-corrected chi connectivity index (χ4v) is 3.54. The molecule has 1 fully saturated rings. The van der Waals surface area contributed by atoms with Crippen LogP contribution in [0.4, 0.5) is 0 Å². The van der Waals surface area contributed by atoms with E-state index in [1.165, 1.54) is 48.9 Å². The molecule has 0 atom stereocenters. The molecule has 0 aliphatic carbocycles. The van der Waals surface area contributed by atoms with Gasteiger partial charge in [-0.15, -0.1) is 0 Å². The Balaban J connectivity index is 1.52. The molecule has 0 radical (unpaired) electrons. The maximum atomic E-state index is 4.37. The van der Waals surface area contributed by atoms with E-state index in [-0.39, 0.29) is 5.54 Å². The van der Waals surface area contributed by atoms with Gasteiger partial charge >= 0.3 is 0 Å². The van der Waals surface area contributed by atoms with Crippen molar-refractivity contribution >= 4 is 16.9 Å². The zero-order chi connectivity index (χ0) is 17.7.